The number of hydrogen-bond acceptors (Lipinski definition) is 2. The van der Waals surface area contributed by atoms with E-state index in [0.717, 1.165) is 40.7 Å². The number of fused-ring (bicyclic) bond motifs is 1. The third-order valence-electron chi connectivity index (χ3n) is 6.71. The Bertz CT molecular complexity index is 1160. The quantitative estimate of drug-likeness (QED) is 0.431. The Labute approximate surface area is 184 Å². The molecule has 2 aromatic carbocycles. The van der Waals surface area contributed by atoms with E-state index >= 15 is 0 Å². The summed E-state index contributed by atoms with van der Waals surface area (Å²) in [6, 6.07) is 17.4. The van der Waals surface area contributed by atoms with Gasteiger partial charge in [0.2, 0.25) is 0 Å². The molecule has 0 spiro atoms. The Morgan fingerprint density at radius 3 is 2.65 bits per heavy atom. The summed E-state index contributed by atoms with van der Waals surface area (Å²) in [5.41, 5.74) is 7.46. The molecule has 0 bridgehead atoms. The van der Waals surface area contributed by atoms with Crippen molar-refractivity contribution in [3.8, 4) is 0 Å². The lowest BCUT2D eigenvalue weighted by molar-refractivity contribution is 0.102. The van der Waals surface area contributed by atoms with Gasteiger partial charge in [0.25, 0.3) is 5.91 Å². The lowest BCUT2D eigenvalue weighted by Gasteiger charge is -2.36. The third-order valence-corrected chi connectivity index (χ3v) is 6.71. The number of allylic oxidation sites excluding steroid dienone is 3. The van der Waals surface area contributed by atoms with Crippen LogP contribution in [0.1, 0.15) is 55.6 Å². The fourth-order valence-corrected chi connectivity index (χ4v) is 4.40. The van der Waals surface area contributed by atoms with Crippen LogP contribution < -0.4 is 10.6 Å². The van der Waals surface area contributed by atoms with Crippen molar-refractivity contribution in [2.45, 2.75) is 39.5 Å². The van der Waals surface area contributed by atoms with Gasteiger partial charge in [0, 0.05) is 40.6 Å². The Balaban J connectivity index is 1.58. The van der Waals surface area contributed by atoms with Gasteiger partial charge in [-0.15, -0.1) is 0 Å². The van der Waals surface area contributed by atoms with Crippen molar-refractivity contribution in [2.24, 2.45) is 5.41 Å². The van der Waals surface area contributed by atoms with Crippen LogP contribution in [0.25, 0.3) is 16.5 Å². The van der Waals surface area contributed by atoms with Gasteiger partial charge >= 0.3 is 0 Å². The van der Waals surface area contributed by atoms with Gasteiger partial charge in [-0.3, -0.25) is 4.79 Å². The Morgan fingerprint density at radius 1 is 1.16 bits per heavy atom. The molecule has 31 heavy (non-hydrogen) atoms. The van der Waals surface area contributed by atoms with E-state index in [1.54, 1.807) is 0 Å². The number of aromatic amines is 1. The maximum Gasteiger partial charge on any atom is 0.255 e. The minimum absolute atomic E-state index is 0.110. The Morgan fingerprint density at radius 2 is 1.94 bits per heavy atom. The number of benzene rings is 2. The summed E-state index contributed by atoms with van der Waals surface area (Å²) < 4.78 is 0. The van der Waals surface area contributed by atoms with E-state index in [4.69, 9.17) is 0 Å². The summed E-state index contributed by atoms with van der Waals surface area (Å²) in [6.07, 6.45) is 4.46. The van der Waals surface area contributed by atoms with Crippen LogP contribution in [0, 0.1) is 5.41 Å². The highest BCUT2D eigenvalue weighted by atomic mass is 16.1. The maximum absolute atomic E-state index is 12.5. The molecular formula is C27H31N3O. The minimum Gasteiger partial charge on any atom is -0.391 e. The van der Waals surface area contributed by atoms with Crippen LogP contribution in [0.3, 0.4) is 0 Å². The van der Waals surface area contributed by atoms with Crippen molar-refractivity contribution in [1.82, 2.24) is 10.3 Å². The highest BCUT2D eigenvalue weighted by molar-refractivity contribution is 6.05. The van der Waals surface area contributed by atoms with Crippen molar-refractivity contribution in [1.29, 1.82) is 0 Å². The molecule has 1 heterocycles. The van der Waals surface area contributed by atoms with Crippen LogP contribution in [0.5, 0.6) is 0 Å². The van der Waals surface area contributed by atoms with Gasteiger partial charge in [-0.05, 0) is 66.2 Å². The Hall–Kier alpha value is -3.27. The van der Waals surface area contributed by atoms with Crippen LogP contribution >= 0.6 is 0 Å². The molecule has 0 aliphatic heterocycles. The summed E-state index contributed by atoms with van der Waals surface area (Å²) >= 11 is 0. The molecule has 1 amide bonds. The molecule has 1 aromatic heterocycles. The van der Waals surface area contributed by atoms with Crippen molar-refractivity contribution >= 4 is 28.1 Å². The van der Waals surface area contributed by atoms with Crippen LogP contribution in [0.4, 0.5) is 5.69 Å². The molecule has 3 aromatic rings. The van der Waals surface area contributed by atoms with E-state index in [9.17, 15) is 4.79 Å². The van der Waals surface area contributed by atoms with Crippen molar-refractivity contribution < 1.29 is 4.79 Å². The smallest absolute Gasteiger partial charge is 0.255 e. The second kappa shape index (κ2) is 8.46. The zero-order valence-corrected chi connectivity index (χ0v) is 18.6. The molecule has 0 saturated carbocycles. The predicted molar refractivity (Wildman–Crippen MR) is 130 cm³/mol. The second-order valence-electron chi connectivity index (χ2n) is 8.83. The number of anilines is 1. The fourth-order valence-electron chi connectivity index (χ4n) is 4.40. The molecule has 0 radical (unpaired) electrons. The molecule has 3 N–H and O–H groups in total. The molecule has 1 atom stereocenters. The number of carbonyl (C=O) groups excluding carboxylic acids is 1. The summed E-state index contributed by atoms with van der Waals surface area (Å²) in [5.74, 6) is -0.110. The van der Waals surface area contributed by atoms with E-state index in [1.807, 2.05) is 55.6 Å². The first-order valence-corrected chi connectivity index (χ1v) is 11.0. The first-order valence-electron chi connectivity index (χ1n) is 11.0. The zero-order valence-electron chi connectivity index (χ0n) is 18.6. The van der Waals surface area contributed by atoms with Gasteiger partial charge in [-0.25, -0.2) is 0 Å². The summed E-state index contributed by atoms with van der Waals surface area (Å²) in [6.45, 7) is 9.08. The predicted octanol–water partition coefficient (Wildman–Crippen LogP) is 6.51. The van der Waals surface area contributed by atoms with E-state index in [0.29, 0.717) is 11.0 Å². The van der Waals surface area contributed by atoms with E-state index < -0.39 is 0 Å². The number of H-pyrrole nitrogens is 1. The molecular weight excluding hydrogens is 382 g/mol. The van der Waals surface area contributed by atoms with Crippen molar-refractivity contribution in [2.75, 3.05) is 12.4 Å². The third kappa shape index (κ3) is 4.29. The fraction of sp³-hybridized carbons (Fsp3) is 0.296. The van der Waals surface area contributed by atoms with Crippen molar-refractivity contribution in [3.63, 3.8) is 0 Å². The van der Waals surface area contributed by atoms with Gasteiger partial charge in [-0.2, -0.15) is 0 Å². The SMILES string of the molecule is C=C(C1=C(NC)CC(C)(CC)CC1)c1cc2ccc(NC(=O)c3ccccc3)cc2[nH]1. The van der Waals surface area contributed by atoms with Crippen LogP contribution in [0.15, 0.2) is 72.4 Å². The van der Waals surface area contributed by atoms with Crippen molar-refractivity contribution in [3.05, 3.63) is 83.7 Å². The van der Waals surface area contributed by atoms with Crippen LogP contribution in [0.2, 0.25) is 0 Å². The topological polar surface area (TPSA) is 56.9 Å². The largest absolute Gasteiger partial charge is 0.391 e. The highest BCUT2D eigenvalue weighted by Gasteiger charge is 2.30. The molecule has 4 nitrogen and oxygen atoms in total. The van der Waals surface area contributed by atoms with E-state index in [1.165, 1.54) is 24.1 Å². The molecule has 1 aliphatic rings. The lowest BCUT2D eigenvalue weighted by atomic mass is 9.72. The molecule has 160 valence electrons. The van der Waals surface area contributed by atoms with E-state index in [2.05, 4.69) is 42.1 Å². The normalized spacial score (nSPS) is 18.8. The van der Waals surface area contributed by atoms with Gasteiger partial charge in [-0.1, -0.05) is 51.1 Å². The molecule has 4 heteroatoms. The minimum atomic E-state index is -0.110. The summed E-state index contributed by atoms with van der Waals surface area (Å²) in [7, 11) is 2.01. The number of rotatable bonds is 6. The molecule has 0 saturated heterocycles. The summed E-state index contributed by atoms with van der Waals surface area (Å²) in [5, 5.41) is 7.52. The Kier molecular flexibility index (Phi) is 5.73. The zero-order chi connectivity index (χ0) is 22.0. The molecule has 1 aliphatic carbocycles. The summed E-state index contributed by atoms with van der Waals surface area (Å²) in [4.78, 5) is 16.0. The first kappa shape index (κ1) is 21.0. The molecule has 1 unspecified atom stereocenters. The number of carbonyl (C=O) groups is 1. The van der Waals surface area contributed by atoms with E-state index in [-0.39, 0.29) is 5.91 Å². The van der Waals surface area contributed by atoms with Gasteiger partial charge in [0.1, 0.15) is 0 Å². The molecule has 4 rings (SSSR count). The second-order valence-corrected chi connectivity index (χ2v) is 8.83. The monoisotopic (exact) mass is 413 g/mol. The lowest BCUT2D eigenvalue weighted by Crippen LogP contribution is -2.26. The first-order chi connectivity index (χ1) is 14.9. The van der Waals surface area contributed by atoms with Crippen LogP contribution in [-0.2, 0) is 0 Å². The molecule has 0 fully saturated rings. The average molecular weight is 414 g/mol. The highest BCUT2D eigenvalue weighted by Crippen LogP contribution is 2.44. The number of aromatic nitrogens is 1. The number of nitrogens with one attached hydrogen (secondary N) is 3. The number of amides is 1. The average Bonchev–Trinajstić information content (AvgIpc) is 3.22. The van der Waals surface area contributed by atoms with Gasteiger partial charge in [0.15, 0.2) is 0 Å². The maximum atomic E-state index is 12.5. The van der Waals surface area contributed by atoms with Crippen LogP contribution in [-0.4, -0.2) is 17.9 Å². The van der Waals surface area contributed by atoms with Gasteiger partial charge in [0.05, 0.1) is 0 Å². The number of hydrogen-bond donors (Lipinski definition) is 3. The standard InChI is InChI=1S/C27H31N3O/c1-5-27(3)14-13-22(25(17-27)28-4)18(2)23-15-20-11-12-21(16-24(20)30-23)29-26(31)19-9-7-6-8-10-19/h6-12,15-16,28,30H,2,5,13-14,17H2,1,3-4H3,(H,29,31). The van der Waals surface area contributed by atoms with Gasteiger partial charge < -0.3 is 15.6 Å².